The largest absolute Gasteiger partial charge is 0.242 e. The van der Waals surface area contributed by atoms with Crippen molar-refractivity contribution in [2.75, 3.05) is 0 Å². The fourth-order valence-electron chi connectivity index (χ4n) is 2.96. The van der Waals surface area contributed by atoms with E-state index in [1.54, 1.807) is 0 Å². The molecule has 3 heteroatoms. The number of rotatable bonds is 2. The molecule has 3 nitrogen and oxygen atoms in total. The van der Waals surface area contributed by atoms with Crippen LogP contribution in [0.15, 0.2) is 72.8 Å². The van der Waals surface area contributed by atoms with E-state index in [-0.39, 0.29) is 5.41 Å². The van der Waals surface area contributed by atoms with Gasteiger partial charge in [-0.15, -0.1) is 0 Å². The van der Waals surface area contributed by atoms with Crippen LogP contribution in [0.25, 0.3) is 33.7 Å². The molecule has 4 rings (SSSR count). The number of pyridine rings is 1. The fraction of sp³-hybridized carbons (Fsp3) is 0.174. The lowest BCUT2D eigenvalue weighted by Crippen LogP contribution is -2.13. The second kappa shape index (κ2) is 6.34. The van der Waals surface area contributed by atoms with Crippen molar-refractivity contribution in [3.63, 3.8) is 0 Å². The van der Waals surface area contributed by atoms with Crippen molar-refractivity contribution in [2.45, 2.75) is 26.2 Å². The van der Waals surface area contributed by atoms with E-state index in [2.05, 4.69) is 45.0 Å². The highest BCUT2D eigenvalue weighted by atomic mass is 14.9. The Balaban J connectivity index is 2.00. The molecule has 0 radical (unpaired) electrons. The predicted octanol–water partition coefficient (Wildman–Crippen LogP) is 5.66. The first-order valence-corrected chi connectivity index (χ1v) is 8.82. The third kappa shape index (κ3) is 3.08. The number of hydrogen-bond donors (Lipinski definition) is 0. The topological polar surface area (TPSA) is 38.7 Å². The lowest BCUT2D eigenvalue weighted by molar-refractivity contribution is 0.571. The van der Waals surface area contributed by atoms with Crippen LogP contribution in [0.3, 0.4) is 0 Å². The molecule has 0 bridgehead atoms. The van der Waals surface area contributed by atoms with Crippen LogP contribution in [0, 0.1) is 0 Å². The van der Waals surface area contributed by atoms with E-state index in [4.69, 9.17) is 15.0 Å². The minimum atomic E-state index is -0.0269. The van der Waals surface area contributed by atoms with Gasteiger partial charge in [-0.1, -0.05) is 81.4 Å². The molecule has 128 valence electrons. The lowest BCUT2D eigenvalue weighted by Gasteiger charge is -2.18. The Hall–Kier alpha value is -3.07. The van der Waals surface area contributed by atoms with Crippen molar-refractivity contribution in [2.24, 2.45) is 0 Å². The highest BCUT2D eigenvalue weighted by molar-refractivity contribution is 5.84. The highest BCUT2D eigenvalue weighted by Gasteiger charge is 2.18. The lowest BCUT2D eigenvalue weighted by atomic mass is 9.91. The van der Waals surface area contributed by atoms with Gasteiger partial charge in [0.2, 0.25) is 0 Å². The maximum Gasteiger partial charge on any atom is 0.179 e. The van der Waals surface area contributed by atoms with Crippen LogP contribution in [-0.4, -0.2) is 15.0 Å². The zero-order valence-electron chi connectivity index (χ0n) is 15.3. The molecule has 0 aliphatic rings. The van der Waals surface area contributed by atoms with Crippen LogP contribution in [-0.2, 0) is 5.41 Å². The normalized spacial score (nSPS) is 11.7. The zero-order valence-corrected chi connectivity index (χ0v) is 15.3. The monoisotopic (exact) mass is 339 g/mol. The molecule has 0 spiro atoms. The van der Waals surface area contributed by atoms with Gasteiger partial charge in [-0.25, -0.2) is 15.0 Å². The molecule has 2 heterocycles. The molecule has 2 aromatic heterocycles. The zero-order chi connectivity index (χ0) is 18.1. The third-order valence-corrected chi connectivity index (χ3v) is 4.39. The second-order valence-electron chi connectivity index (χ2n) is 7.44. The summed E-state index contributed by atoms with van der Waals surface area (Å²) in [5.74, 6) is 0. The van der Waals surface area contributed by atoms with E-state index in [0.29, 0.717) is 5.65 Å². The predicted molar refractivity (Wildman–Crippen MR) is 107 cm³/mol. The van der Waals surface area contributed by atoms with E-state index >= 15 is 0 Å². The second-order valence-corrected chi connectivity index (χ2v) is 7.44. The van der Waals surface area contributed by atoms with Crippen molar-refractivity contribution in [3.8, 4) is 22.5 Å². The quantitative estimate of drug-likeness (QED) is 0.473. The number of fused-ring (bicyclic) bond motifs is 1. The molecule has 2 aromatic carbocycles. The van der Waals surface area contributed by atoms with Gasteiger partial charge in [0.05, 0.1) is 11.4 Å². The van der Waals surface area contributed by atoms with Crippen molar-refractivity contribution in [3.05, 3.63) is 78.5 Å². The molecular weight excluding hydrogens is 318 g/mol. The van der Waals surface area contributed by atoms with Gasteiger partial charge >= 0.3 is 0 Å². The molecular formula is C23H21N3. The van der Waals surface area contributed by atoms with Gasteiger partial charge < -0.3 is 0 Å². The molecule has 0 saturated carbocycles. The maximum atomic E-state index is 4.92. The first-order valence-electron chi connectivity index (χ1n) is 8.82. The fourth-order valence-corrected chi connectivity index (χ4v) is 2.96. The van der Waals surface area contributed by atoms with Crippen molar-refractivity contribution >= 4 is 11.2 Å². The summed E-state index contributed by atoms with van der Waals surface area (Å²) in [6.07, 6.45) is 0. The highest BCUT2D eigenvalue weighted by Crippen LogP contribution is 2.31. The molecule has 0 saturated heterocycles. The van der Waals surface area contributed by atoms with E-state index in [0.717, 1.165) is 33.7 Å². The number of nitrogens with zero attached hydrogens (tertiary/aromatic N) is 3. The van der Waals surface area contributed by atoms with E-state index in [9.17, 15) is 0 Å². The minimum Gasteiger partial charge on any atom is -0.242 e. The average molecular weight is 339 g/mol. The first-order chi connectivity index (χ1) is 12.5. The summed E-state index contributed by atoms with van der Waals surface area (Å²) in [5, 5.41) is 0. The van der Waals surface area contributed by atoms with Gasteiger partial charge in [-0.05, 0) is 12.1 Å². The number of benzene rings is 2. The Morgan fingerprint density at radius 1 is 0.577 bits per heavy atom. The molecule has 26 heavy (non-hydrogen) atoms. The number of hydrogen-bond acceptors (Lipinski definition) is 3. The van der Waals surface area contributed by atoms with Gasteiger partial charge in [0.1, 0.15) is 5.52 Å². The van der Waals surface area contributed by atoms with E-state index < -0.39 is 0 Å². The van der Waals surface area contributed by atoms with Gasteiger partial charge in [0.25, 0.3) is 0 Å². The Morgan fingerprint density at radius 2 is 1.12 bits per heavy atom. The van der Waals surface area contributed by atoms with Crippen molar-refractivity contribution in [1.29, 1.82) is 0 Å². The molecule has 0 N–H and O–H groups in total. The molecule has 0 aliphatic heterocycles. The smallest absolute Gasteiger partial charge is 0.179 e. The van der Waals surface area contributed by atoms with Crippen LogP contribution in [0.5, 0.6) is 0 Å². The summed E-state index contributed by atoms with van der Waals surface area (Å²) in [7, 11) is 0. The number of aromatic nitrogens is 3. The Kier molecular flexibility index (Phi) is 4.00. The summed E-state index contributed by atoms with van der Waals surface area (Å²) in [4.78, 5) is 14.6. The minimum absolute atomic E-state index is 0.0269. The molecule has 0 unspecified atom stereocenters. The summed E-state index contributed by atoms with van der Waals surface area (Å²) < 4.78 is 0. The van der Waals surface area contributed by atoms with Crippen molar-refractivity contribution in [1.82, 2.24) is 15.0 Å². The van der Waals surface area contributed by atoms with Gasteiger partial charge in [-0.3, -0.25) is 0 Å². The van der Waals surface area contributed by atoms with E-state index in [1.807, 2.05) is 48.5 Å². The van der Waals surface area contributed by atoms with Gasteiger partial charge in [-0.2, -0.15) is 0 Å². The standard InChI is InChI=1S/C23H21N3/c1-23(2,3)19-15-14-18-22(25-19)26-21(17-12-8-5-9-13-17)20(24-18)16-10-6-4-7-11-16/h4-15H,1-3H3. The average Bonchev–Trinajstić information content (AvgIpc) is 2.67. The summed E-state index contributed by atoms with van der Waals surface area (Å²) >= 11 is 0. The van der Waals surface area contributed by atoms with Crippen LogP contribution in [0.2, 0.25) is 0 Å². The molecule has 4 aromatic rings. The Labute approximate surface area is 153 Å². The summed E-state index contributed by atoms with van der Waals surface area (Å²) in [5.41, 5.74) is 6.35. The molecule has 0 fully saturated rings. The maximum absolute atomic E-state index is 4.92. The van der Waals surface area contributed by atoms with Crippen LogP contribution >= 0.6 is 0 Å². The van der Waals surface area contributed by atoms with Crippen LogP contribution in [0.4, 0.5) is 0 Å². The van der Waals surface area contributed by atoms with Crippen LogP contribution < -0.4 is 0 Å². The summed E-state index contributed by atoms with van der Waals surface area (Å²) in [6.45, 7) is 6.47. The third-order valence-electron chi connectivity index (χ3n) is 4.39. The molecule has 0 amide bonds. The first kappa shape index (κ1) is 16.4. The van der Waals surface area contributed by atoms with Crippen LogP contribution in [0.1, 0.15) is 26.5 Å². The molecule has 0 atom stereocenters. The van der Waals surface area contributed by atoms with Crippen molar-refractivity contribution < 1.29 is 0 Å². The Morgan fingerprint density at radius 3 is 1.65 bits per heavy atom. The SMILES string of the molecule is CC(C)(C)c1ccc2nc(-c3ccccc3)c(-c3ccccc3)nc2n1. The van der Waals surface area contributed by atoms with Gasteiger partial charge in [0, 0.05) is 22.2 Å². The Bertz CT molecular complexity index is 1050. The molecule has 0 aliphatic carbocycles. The van der Waals surface area contributed by atoms with Gasteiger partial charge in [0.15, 0.2) is 5.65 Å². The summed E-state index contributed by atoms with van der Waals surface area (Å²) in [6, 6.07) is 24.5. The van der Waals surface area contributed by atoms with E-state index in [1.165, 1.54) is 0 Å².